The van der Waals surface area contributed by atoms with Crippen LogP contribution < -0.4 is 10.1 Å². The Kier molecular flexibility index (Phi) is 5.78. The molecule has 0 spiro atoms. The van der Waals surface area contributed by atoms with E-state index in [9.17, 15) is 4.39 Å². The Labute approximate surface area is 129 Å². The minimum atomic E-state index is -0.250. The number of rotatable bonds is 7. The molecule has 2 rings (SSSR count). The van der Waals surface area contributed by atoms with Crippen molar-refractivity contribution in [2.45, 2.75) is 13.2 Å². The molecule has 2 aromatic rings. The molecule has 0 unspecified atom stereocenters. The Hall–Kier alpha value is -1.84. The Morgan fingerprint density at radius 3 is 2.67 bits per heavy atom. The van der Waals surface area contributed by atoms with Crippen LogP contribution in [0.5, 0.6) is 5.75 Å². The van der Waals surface area contributed by atoms with E-state index < -0.39 is 0 Å². The number of hydrogen-bond donors (Lipinski definition) is 1. The summed E-state index contributed by atoms with van der Waals surface area (Å²) in [6.45, 7) is 5.41. The van der Waals surface area contributed by atoms with Crippen molar-refractivity contribution in [3.8, 4) is 5.75 Å². The van der Waals surface area contributed by atoms with Crippen molar-refractivity contribution in [1.29, 1.82) is 0 Å². The number of hydrogen-bond acceptors (Lipinski definition) is 2. The van der Waals surface area contributed by atoms with Gasteiger partial charge in [0.25, 0.3) is 0 Å². The summed E-state index contributed by atoms with van der Waals surface area (Å²) in [5.41, 5.74) is 1.89. The molecule has 0 saturated heterocycles. The van der Waals surface area contributed by atoms with E-state index in [1.54, 1.807) is 24.3 Å². The number of halogens is 2. The van der Waals surface area contributed by atoms with Crippen LogP contribution in [-0.2, 0) is 13.2 Å². The first kappa shape index (κ1) is 15.5. The van der Waals surface area contributed by atoms with Crippen LogP contribution in [0.15, 0.2) is 55.1 Å². The summed E-state index contributed by atoms with van der Waals surface area (Å²) in [4.78, 5) is 0. The van der Waals surface area contributed by atoms with Crippen LogP contribution in [0.1, 0.15) is 11.1 Å². The maximum absolute atomic E-state index is 12.9. The molecule has 0 atom stereocenters. The number of nitrogens with one attached hydrogen (secondary N) is 1. The third kappa shape index (κ3) is 4.88. The highest BCUT2D eigenvalue weighted by molar-refractivity contribution is 6.30. The van der Waals surface area contributed by atoms with Crippen molar-refractivity contribution >= 4 is 11.6 Å². The summed E-state index contributed by atoms with van der Waals surface area (Å²) in [6, 6.07) is 11.8. The van der Waals surface area contributed by atoms with Crippen molar-refractivity contribution in [2.75, 3.05) is 6.54 Å². The molecule has 1 N–H and O–H groups in total. The smallest absolute Gasteiger partial charge is 0.124 e. The summed E-state index contributed by atoms with van der Waals surface area (Å²) in [5, 5.41) is 3.88. The molecule has 0 saturated carbocycles. The van der Waals surface area contributed by atoms with Crippen molar-refractivity contribution in [2.24, 2.45) is 0 Å². The van der Waals surface area contributed by atoms with E-state index in [1.165, 1.54) is 12.1 Å². The maximum atomic E-state index is 12.9. The van der Waals surface area contributed by atoms with Gasteiger partial charge in [0.05, 0.1) is 0 Å². The lowest BCUT2D eigenvalue weighted by Crippen LogP contribution is -2.13. The number of benzene rings is 2. The van der Waals surface area contributed by atoms with Gasteiger partial charge in [-0.15, -0.1) is 6.58 Å². The Bertz CT molecular complexity index is 598. The first-order valence-corrected chi connectivity index (χ1v) is 7.04. The van der Waals surface area contributed by atoms with E-state index in [-0.39, 0.29) is 5.82 Å². The molecule has 0 aliphatic heterocycles. The average Bonchev–Trinajstić information content (AvgIpc) is 2.48. The molecule has 0 amide bonds. The highest BCUT2D eigenvalue weighted by atomic mass is 35.5. The van der Waals surface area contributed by atoms with Gasteiger partial charge in [0.2, 0.25) is 0 Å². The van der Waals surface area contributed by atoms with Crippen molar-refractivity contribution in [1.82, 2.24) is 5.32 Å². The highest BCUT2D eigenvalue weighted by Crippen LogP contribution is 2.24. The molecule has 4 heteroatoms. The molecule has 0 fully saturated rings. The second kappa shape index (κ2) is 7.81. The van der Waals surface area contributed by atoms with Gasteiger partial charge >= 0.3 is 0 Å². The predicted molar refractivity (Wildman–Crippen MR) is 84.1 cm³/mol. The quantitative estimate of drug-likeness (QED) is 0.607. The molecular weight excluding hydrogens is 289 g/mol. The van der Waals surface area contributed by atoms with Crippen molar-refractivity contribution in [3.63, 3.8) is 0 Å². The second-order valence-corrected chi connectivity index (χ2v) is 5.02. The van der Waals surface area contributed by atoms with Gasteiger partial charge in [-0.05, 0) is 35.9 Å². The first-order chi connectivity index (χ1) is 10.2. The standard InChI is InChI=1S/C17H17ClFNO/c1-2-9-20-11-14-10-15(18)5-8-17(14)21-12-13-3-6-16(19)7-4-13/h2-8,10,20H,1,9,11-12H2. The van der Waals surface area contributed by atoms with Crippen LogP contribution in [0, 0.1) is 5.82 Å². The van der Waals surface area contributed by atoms with Gasteiger partial charge in [-0.25, -0.2) is 4.39 Å². The summed E-state index contributed by atoms with van der Waals surface area (Å²) >= 11 is 6.02. The van der Waals surface area contributed by atoms with E-state index in [0.717, 1.165) is 16.9 Å². The monoisotopic (exact) mass is 305 g/mol. The van der Waals surface area contributed by atoms with Gasteiger partial charge in [-0.1, -0.05) is 29.8 Å². The lowest BCUT2D eigenvalue weighted by Gasteiger charge is -2.12. The molecule has 110 valence electrons. The topological polar surface area (TPSA) is 21.3 Å². The molecule has 0 heterocycles. The first-order valence-electron chi connectivity index (χ1n) is 6.66. The van der Waals surface area contributed by atoms with Crippen LogP contribution >= 0.6 is 11.6 Å². The molecule has 0 radical (unpaired) electrons. The molecule has 0 aromatic heterocycles. The van der Waals surface area contributed by atoms with Crippen molar-refractivity contribution in [3.05, 3.63) is 77.1 Å². The summed E-state index contributed by atoms with van der Waals surface area (Å²) < 4.78 is 18.7. The van der Waals surface area contributed by atoms with Crippen LogP contribution in [0.2, 0.25) is 5.02 Å². The molecule has 2 aromatic carbocycles. The lowest BCUT2D eigenvalue weighted by molar-refractivity contribution is 0.302. The fraction of sp³-hybridized carbons (Fsp3) is 0.176. The van der Waals surface area contributed by atoms with E-state index in [2.05, 4.69) is 11.9 Å². The van der Waals surface area contributed by atoms with E-state index in [4.69, 9.17) is 16.3 Å². The highest BCUT2D eigenvalue weighted by Gasteiger charge is 2.05. The fourth-order valence-electron chi connectivity index (χ4n) is 1.88. The number of ether oxygens (including phenoxy) is 1. The molecule has 2 nitrogen and oxygen atoms in total. The zero-order valence-corrected chi connectivity index (χ0v) is 12.4. The third-order valence-electron chi connectivity index (χ3n) is 2.93. The van der Waals surface area contributed by atoms with Gasteiger partial charge in [0, 0.05) is 23.7 Å². The zero-order chi connectivity index (χ0) is 15.1. The van der Waals surface area contributed by atoms with Gasteiger partial charge in [-0.2, -0.15) is 0 Å². The normalized spacial score (nSPS) is 10.4. The Balaban J connectivity index is 2.04. The van der Waals surface area contributed by atoms with Gasteiger partial charge in [0.1, 0.15) is 18.2 Å². The molecule has 0 aliphatic rings. The van der Waals surface area contributed by atoms with Crippen LogP contribution in [0.25, 0.3) is 0 Å². The van der Waals surface area contributed by atoms with Gasteiger partial charge in [0.15, 0.2) is 0 Å². The minimum absolute atomic E-state index is 0.250. The molecule has 21 heavy (non-hydrogen) atoms. The van der Waals surface area contributed by atoms with Gasteiger partial charge in [-0.3, -0.25) is 0 Å². The molecular formula is C17H17ClFNO. The predicted octanol–water partition coefficient (Wildman–Crippen LogP) is 4.33. The van der Waals surface area contributed by atoms with Crippen LogP contribution in [0.3, 0.4) is 0 Å². The zero-order valence-electron chi connectivity index (χ0n) is 11.6. The molecule has 0 aliphatic carbocycles. The van der Waals surface area contributed by atoms with Gasteiger partial charge < -0.3 is 10.1 Å². The summed E-state index contributed by atoms with van der Waals surface area (Å²) in [7, 11) is 0. The van der Waals surface area contributed by atoms with Crippen LogP contribution in [0.4, 0.5) is 4.39 Å². The van der Waals surface area contributed by atoms with E-state index in [0.29, 0.717) is 24.7 Å². The largest absolute Gasteiger partial charge is 0.489 e. The molecule has 0 bridgehead atoms. The average molecular weight is 306 g/mol. The minimum Gasteiger partial charge on any atom is -0.489 e. The second-order valence-electron chi connectivity index (χ2n) is 4.59. The lowest BCUT2D eigenvalue weighted by atomic mass is 10.2. The van der Waals surface area contributed by atoms with E-state index >= 15 is 0 Å². The van der Waals surface area contributed by atoms with Crippen molar-refractivity contribution < 1.29 is 9.13 Å². The summed E-state index contributed by atoms with van der Waals surface area (Å²) in [6.07, 6.45) is 1.80. The van der Waals surface area contributed by atoms with Crippen LogP contribution in [-0.4, -0.2) is 6.54 Å². The Morgan fingerprint density at radius 1 is 1.19 bits per heavy atom. The maximum Gasteiger partial charge on any atom is 0.124 e. The SMILES string of the molecule is C=CCNCc1cc(Cl)ccc1OCc1ccc(F)cc1. The van der Waals surface area contributed by atoms with E-state index in [1.807, 2.05) is 12.1 Å². The third-order valence-corrected chi connectivity index (χ3v) is 3.17. The summed E-state index contributed by atoms with van der Waals surface area (Å²) in [5.74, 6) is 0.514. The Morgan fingerprint density at radius 2 is 1.95 bits per heavy atom. The fourth-order valence-corrected chi connectivity index (χ4v) is 2.07.